The van der Waals surface area contributed by atoms with Crippen molar-refractivity contribution < 1.29 is 14.3 Å². The van der Waals surface area contributed by atoms with Crippen molar-refractivity contribution in [3.63, 3.8) is 0 Å². The van der Waals surface area contributed by atoms with Crippen molar-refractivity contribution in [2.24, 2.45) is 0 Å². The Morgan fingerprint density at radius 2 is 1.74 bits per heavy atom. The maximum atomic E-state index is 12.5. The molecule has 0 radical (unpaired) electrons. The summed E-state index contributed by atoms with van der Waals surface area (Å²) in [5.74, 6) is 0.213. The second-order valence-electron chi connectivity index (χ2n) is 7.15. The molecule has 0 aromatic heterocycles. The first kappa shape index (κ1) is 19.6. The molecule has 4 heteroatoms. The number of likely N-dealkylation sites (tertiary alicyclic amines) is 1. The van der Waals surface area contributed by atoms with Crippen LogP contribution in [0.2, 0.25) is 0 Å². The second-order valence-corrected chi connectivity index (χ2v) is 7.15. The highest BCUT2D eigenvalue weighted by Crippen LogP contribution is 2.15. The van der Waals surface area contributed by atoms with Crippen molar-refractivity contribution in [2.45, 2.75) is 38.9 Å². The number of aryl methyl sites for hydroxylation is 1. The largest absolute Gasteiger partial charge is 0.376 e. The summed E-state index contributed by atoms with van der Waals surface area (Å²) in [4.78, 5) is 14.5. The summed E-state index contributed by atoms with van der Waals surface area (Å²) in [5.41, 5.74) is 3.47. The van der Waals surface area contributed by atoms with Gasteiger partial charge >= 0.3 is 0 Å². The number of carbonyl (C=O) groups is 1. The van der Waals surface area contributed by atoms with E-state index in [0.29, 0.717) is 26.2 Å². The monoisotopic (exact) mass is 367 g/mol. The third-order valence-electron chi connectivity index (χ3n) is 4.93. The van der Waals surface area contributed by atoms with Crippen LogP contribution in [-0.4, -0.2) is 43.2 Å². The highest BCUT2D eigenvalue weighted by molar-refractivity contribution is 5.78. The fourth-order valence-electron chi connectivity index (χ4n) is 3.42. The summed E-state index contributed by atoms with van der Waals surface area (Å²) >= 11 is 0. The summed E-state index contributed by atoms with van der Waals surface area (Å²) < 4.78 is 11.6. The molecule has 0 N–H and O–H groups in total. The van der Waals surface area contributed by atoms with Crippen LogP contribution in [0.3, 0.4) is 0 Å². The van der Waals surface area contributed by atoms with Crippen molar-refractivity contribution in [3.8, 4) is 0 Å². The van der Waals surface area contributed by atoms with E-state index < -0.39 is 0 Å². The highest BCUT2D eigenvalue weighted by Gasteiger charge is 2.23. The summed E-state index contributed by atoms with van der Waals surface area (Å²) in [6.07, 6.45) is 2.52. The van der Waals surface area contributed by atoms with Gasteiger partial charge in [0.05, 0.1) is 32.3 Å². The van der Waals surface area contributed by atoms with Crippen molar-refractivity contribution in [1.82, 2.24) is 4.90 Å². The molecule has 4 nitrogen and oxygen atoms in total. The third kappa shape index (κ3) is 6.49. The first-order chi connectivity index (χ1) is 13.2. The molecule has 2 aromatic carbocycles. The lowest BCUT2D eigenvalue weighted by Crippen LogP contribution is -2.41. The maximum Gasteiger partial charge on any atom is 0.226 e. The Bertz CT molecular complexity index is 709. The number of carbonyl (C=O) groups excluding carboxylic acids is 1. The van der Waals surface area contributed by atoms with Gasteiger partial charge in [-0.15, -0.1) is 0 Å². The van der Waals surface area contributed by atoms with Crippen LogP contribution in [-0.2, 0) is 27.3 Å². The SMILES string of the molecule is Cc1cccc(CC(=O)N2CCC(OCCOCc3ccccc3)CC2)c1. The van der Waals surface area contributed by atoms with Crippen LogP contribution in [0.5, 0.6) is 0 Å². The lowest BCUT2D eigenvalue weighted by molar-refractivity contribution is -0.133. The molecule has 2 aromatic rings. The molecule has 0 bridgehead atoms. The van der Waals surface area contributed by atoms with E-state index in [-0.39, 0.29) is 12.0 Å². The predicted molar refractivity (Wildman–Crippen MR) is 107 cm³/mol. The predicted octanol–water partition coefficient (Wildman–Crippen LogP) is 3.76. The zero-order chi connectivity index (χ0) is 18.9. The van der Waals surface area contributed by atoms with E-state index in [1.807, 2.05) is 35.2 Å². The van der Waals surface area contributed by atoms with E-state index in [1.165, 1.54) is 11.1 Å². The number of rotatable bonds is 8. The second kappa shape index (κ2) is 10.2. The Labute approximate surface area is 162 Å². The van der Waals surface area contributed by atoms with Gasteiger partial charge in [-0.1, -0.05) is 60.2 Å². The molecule has 0 unspecified atom stereocenters. The smallest absolute Gasteiger partial charge is 0.226 e. The lowest BCUT2D eigenvalue weighted by Gasteiger charge is -2.32. The standard InChI is InChI=1S/C23H29NO3/c1-19-6-5-9-21(16-19)17-23(25)24-12-10-22(11-13-24)27-15-14-26-18-20-7-3-2-4-8-20/h2-9,16,22H,10-15,17-18H2,1H3. The van der Waals surface area contributed by atoms with Gasteiger partial charge in [-0.2, -0.15) is 0 Å². The van der Waals surface area contributed by atoms with E-state index in [2.05, 4.69) is 31.2 Å². The van der Waals surface area contributed by atoms with Crippen LogP contribution in [0.25, 0.3) is 0 Å². The van der Waals surface area contributed by atoms with Crippen LogP contribution in [0.1, 0.15) is 29.5 Å². The highest BCUT2D eigenvalue weighted by atomic mass is 16.5. The van der Waals surface area contributed by atoms with E-state index in [1.54, 1.807) is 0 Å². The van der Waals surface area contributed by atoms with Crippen LogP contribution in [0.4, 0.5) is 0 Å². The van der Waals surface area contributed by atoms with Crippen molar-refractivity contribution in [1.29, 1.82) is 0 Å². The number of piperidine rings is 1. The Morgan fingerprint density at radius 3 is 2.48 bits per heavy atom. The summed E-state index contributed by atoms with van der Waals surface area (Å²) in [7, 11) is 0. The molecule has 3 rings (SSSR count). The fourth-order valence-corrected chi connectivity index (χ4v) is 3.42. The Morgan fingerprint density at radius 1 is 1.00 bits per heavy atom. The van der Waals surface area contributed by atoms with E-state index in [9.17, 15) is 4.79 Å². The molecule has 0 atom stereocenters. The first-order valence-electron chi connectivity index (χ1n) is 9.77. The van der Waals surface area contributed by atoms with Gasteiger partial charge in [0.2, 0.25) is 5.91 Å². The molecule has 27 heavy (non-hydrogen) atoms. The Balaban J connectivity index is 1.30. The average Bonchev–Trinajstić information content (AvgIpc) is 2.69. The molecule has 144 valence electrons. The number of benzene rings is 2. The van der Waals surface area contributed by atoms with Gasteiger partial charge < -0.3 is 14.4 Å². The normalized spacial score (nSPS) is 15.1. The van der Waals surface area contributed by atoms with Crippen molar-refractivity contribution >= 4 is 5.91 Å². The molecule has 1 heterocycles. The van der Waals surface area contributed by atoms with Crippen molar-refractivity contribution in [2.75, 3.05) is 26.3 Å². The van der Waals surface area contributed by atoms with Crippen LogP contribution in [0.15, 0.2) is 54.6 Å². The van der Waals surface area contributed by atoms with Gasteiger partial charge in [0.1, 0.15) is 0 Å². The fraction of sp³-hybridized carbons (Fsp3) is 0.435. The maximum absolute atomic E-state index is 12.5. The summed E-state index contributed by atoms with van der Waals surface area (Å²) in [5, 5.41) is 0. The molecule has 1 aliphatic rings. The van der Waals surface area contributed by atoms with Gasteiger partial charge in [-0.25, -0.2) is 0 Å². The number of ether oxygens (including phenoxy) is 2. The van der Waals surface area contributed by atoms with Gasteiger partial charge in [-0.05, 0) is 30.9 Å². The van der Waals surface area contributed by atoms with E-state index in [4.69, 9.17) is 9.47 Å². The molecule has 1 fully saturated rings. The van der Waals surface area contributed by atoms with E-state index in [0.717, 1.165) is 31.5 Å². The third-order valence-corrected chi connectivity index (χ3v) is 4.93. The number of hydrogen-bond acceptors (Lipinski definition) is 3. The number of hydrogen-bond donors (Lipinski definition) is 0. The minimum absolute atomic E-state index is 0.213. The van der Waals surface area contributed by atoms with Crippen LogP contribution in [0, 0.1) is 6.92 Å². The molecule has 1 saturated heterocycles. The van der Waals surface area contributed by atoms with Crippen LogP contribution >= 0.6 is 0 Å². The Hall–Kier alpha value is -2.17. The zero-order valence-corrected chi connectivity index (χ0v) is 16.1. The van der Waals surface area contributed by atoms with E-state index >= 15 is 0 Å². The van der Waals surface area contributed by atoms with Gasteiger partial charge in [0.25, 0.3) is 0 Å². The zero-order valence-electron chi connectivity index (χ0n) is 16.1. The quantitative estimate of drug-likeness (QED) is 0.667. The molecular formula is C23H29NO3. The molecule has 0 spiro atoms. The average molecular weight is 367 g/mol. The van der Waals surface area contributed by atoms with Gasteiger partial charge in [-0.3, -0.25) is 4.79 Å². The summed E-state index contributed by atoms with van der Waals surface area (Å²) in [6, 6.07) is 18.3. The minimum Gasteiger partial charge on any atom is -0.376 e. The molecule has 0 aliphatic carbocycles. The van der Waals surface area contributed by atoms with Crippen LogP contribution < -0.4 is 0 Å². The molecule has 1 aliphatic heterocycles. The number of amides is 1. The minimum atomic E-state index is 0.213. The molecule has 1 amide bonds. The van der Waals surface area contributed by atoms with Gasteiger partial charge in [0.15, 0.2) is 0 Å². The Kier molecular flexibility index (Phi) is 7.43. The van der Waals surface area contributed by atoms with Gasteiger partial charge in [0, 0.05) is 13.1 Å². The topological polar surface area (TPSA) is 38.8 Å². The number of nitrogens with zero attached hydrogens (tertiary/aromatic N) is 1. The first-order valence-corrected chi connectivity index (χ1v) is 9.77. The molecular weight excluding hydrogens is 338 g/mol. The van der Waals surface area contributed by atoms with Crippen molar-refractivity contribution in [3.05, 3.63) is 71.3 Å². The molecule has 0 saturated carbocycles. The summed E-state index contributed by atoms with van der Waals surface area (Å²) in [6.45, 7) is 5.44. The lowest BCUT2D eigenvalue weighted by atomic mass is 10.0.